The number of hydrogen-bond donors (Lipinski definition) is 2. The van der Waals surface area contributed by atoms with Crippen LogP contribution in [0.3, 0.4) is 0 Å². The van der Waals surface area contributed by atoms with Crippen molar-refractivity contribution in [2.24, 2.45) is 9.98 Å². The standard InChI is InChI=1S/C41H50N2O2S2/c1-9-19-46-36-17-13-11-15-34(36)42-26-30-22-28(24-32(38(30)44)40(3,4)5)21-29-23-31(39(45)33(25-29)41(6,7)8)27-43-35-16-12-14-18-37(35)47-20-10-2/h11-18,22-27,44-45H,9-10,19-21H2,1-8H3. The minimum Gasteiger partial charge on any atom is -0.507 e. The third kappa shape index (κ3) is 9.77. The lowest BCUT2D eigenvalue weighted by Crippen LogP contribution is -2.14. The SMILES string of the molecule is CCCSc1ccccc1N=Cc1cc(Cc2cc(C=Nc3ccccc3SCCC)c(O)c(C(C)(C)C)c2)cc(C(C)(C)C)c1O. The van der Waals surface area contributed by atoms with Gasteiger partial charge in [-0.2, -0.15) is 0 Å². The molecule has 0 amide bonds. The molecule has 4 nitrogen and oxygen atoms in total. The molecular formula is C41H50N2O2S2. The van der Waals surface area contributed by atoms with Crippen molar-refractivity contribution in [3.05, 3.63) is 106 Å². The molecule has 0 saturated carbocycles. The molecule has 0 heterocycles. The highest BCUT2D eigenvalue weighted by atomic mass is 32.2. The number of phenolic OH excluding ortho intramolecular Hbond substituents is 2. The summed E-state index contributed by atoms with van der Waals surface area (Å²) < 4.78 is 0. The molecule has 0 bridgehead atoms. The van der Waals surface area contributed by atoms with E-state index in [9.17, 15) is 10.2 Å². The van der Waals surface area contributed by atoms with Gasteiger partial charge in [0.25, 0.3) is 0 Å². The molecule has 4 aromatic rings. The first-order valence-corrected chi connectivity index (χ1v) is 18.5. The van der Waals surface area contributed by atoms with Gasteiger partial charge in [-0.25, -0.2) is 0 Å². The number of phenols is 2. The quantitative estimate of drug-likeness (QED) is 0.117. The Morgan fingerprint density at radius 2 is 0.979 bits per heavy atom. The van der Waals surface area contributed by atoms with Crippen LogP contribution in [0.1, 0.15) is 102 Å². The fraction of sp³-hybridized carbons (Fsp3) is 0.366. The van der Waals surface area contributed by atoms with Crippen molar-refractivity contribution in [2.75, 3.05) is 11.5 Å². The summed E-state index contributed by atoms with van der Waals surface area (Å²) in [4.78, 5) is 12.0. The average Bonchev–Trinajstić information content (AvgIpc) is 3.02. The highest BCUT2D eigenvalue weighted by Gasteiger charge is 2.23. The molecular weight excluding hydrogens is 617 g/mol. The maximum atomic E-state index is 11.4. The molecule has 0 atom stereocenters. The number of para-hydroxylation sites is 2. The van der Waals surface area contributed by atoms with Crippen LogP contribution in [0, 0.1) is 0 Å². The van der Waals surface area contributed by atoms with Crippen LogP contribution in [0.2, 0.25) is 0 Å². The zero-order valence-corrected chi connectivity index (χ0v) is 30.9. The summed E-state index contributed by atoms with van der Waals surface area (Å²) in [5, 5.41) is 22.9. The number of aliphatic imine (C=N–C) groups is 2. The fourth-order valence-corrected chi connectivity index (χ4v) is 7.03. The summed E-state index contributed by atoms with van der Waals surface area (Å²) in [5.74, 6) is 2.58. The van der Waals surface area contributed by atoms with Crippen LogP contribution in [0.4, 0.5) is 11.4 Å². The first-order chi connectivity index (χ1) is 22.3. The minimum absolute atomic E-state index is 0.261. The summed E-state index contributed by atoms with van der Waals surface area (Å²) in [5.41, 5.74) is 6.54. The molecule has 0 aromatic heterocycles. The molecule has 0 saturated heterocycles. The monoisotopic (exact) mass is 666 g/mol. The van der Waals surface area contributed by atoms with Crippen LogP contribution in [0.5, 0.6) is 11.5 Å². The zero-order valence-electron chi connectivity index (χ0n) is 29.2. The van der Waals surface area contributed by atoms with Crippen LogP contribution < -0.4 is 0 Å². The molecule has 47 heavy (non-hydrogen) atoms. The Balaban J connectivity index is 1.77. The predicted molar refractivity (Wildman–Crippen MR) is 206 cm³/mol. The summed E-state index contributed by atoms with van der Waals surface area (Å²) in [6.07, 6.45) is 6.40. The Kier molecular flexibility index (Phi) is 12.4. The minimum atomic E-state index is -0.274. The second-order valence-electron chi connectivity index (χ2n) is 14.0. The van der Waals surface area contributed by atoms with Crippen molar-refractivity contribution in [2.45, 2.75) is 95.3 Å². The second-order valence-corrected chi connectivity index (χ2v) is 16.3. The van der Waals surface area contributed by atoms with Gasteiger partial charge in [0.2, 0.25) is 0 Å². The molecule has 0 unspecified atom stereocenters. The fourth-order valence-electron chi connectivity index (χ4n) is 5.29. The van der Waals surface area contributed by atoms with E-state index < -0.39 is 0 Å². The van der Waals surface area contributed by atoms with Crippen LogP contribution in [-0.2, 0) is 17.3 Å². The lowest BCUT2D eigenvalue weighted by molar-refractivity contribution is 0.445. The van der Waals surface area contributed by atoms with E-state index in [4.69, 9.17) is 9.98 Å². The highest BCUT2D eigenvalue weighted by molar-refractivity contribution is 7.99. The van der Waals surface area contributed by atoms with Crippen molar-refractivity contribution in [1.29, 1.82) is 0 Å². The van der Waals surface area contributed by atoms with E-state index in [0.717, 1.165) is 67.8 Å². The first-order valence-electron chi connectivity index (χ1n) is 16.6. The maximum absolute atomic E-state index is 11.4. The van der Waals surface area contributed by atoms with Crippen molar-refractivity contribution >= 4 is 47.3 Å². The average molecular weight is 667 g/mol. The molecule has 0 aliphatic rings. The Bertz CT molecular complexity index is 1600. The van der Waals surface area contributed by atoms with E-state index >= 15 is 0 Å². The molecule has 0 fully saturated rings. The van der Waals surface area contributed by atoms with Crippen LogP contribution in [0.25, 0.3) is 0 Å². The van der Waals surface area contributed by atoms with Crippen molar-refractivity contribution in [3.8, 4) is 11.5 Å². The Morgan fingerprint density at radius 3 is 1.34 bits per heavy atom. The molecule has 0 aliphatic heterocycles. The lowest BCUT2D eigenvalue weighted by Gasteiger charge is -2.24. The largest absolute Gasteiger partial charge is 0.507 e. The van der Waals surface area contributed by atoms with Crippen molar-refractivity contribution in [3.63, 3.8) is 0 Å². The van der Waals surface area contributed by atoms with Crippen LogP contribution in [0.15, 0.2) is 92.6 Å². The Hall–Kier alpha value is -3.48. The van der Waals surface area contributed by atoms with Gasteiger partial charge in [-0.05, 0) is 89.1 Å². The Morgan fingerprint density at radius 1 is 0.596 bits per heavy atom. The number of aromatic hydroxyl groups is 2. The van der Waals surface area contributed by atoms with Gasteiger partial charge < -0.3 is 10.2 Å². The highest BCUT2D eigenvalue weighted by Crippen LogP contribution is 2.38. The van der Waals surface area contributed by atoms with Gasteiger partial charge in [0, 0.05) is 44.5 Å². The summed E-state index contributed by atoms with van der Waals surface area (Å²) in [6, 6.07) is 24.6. The molecule has 4 rings (SSSR count). The van der Waals surface area contributed by atoms with Gasteiger partial charge in [0.05, 0.1) is 11.4 Å². The maximum Gasteiger partial charge on any atom is 0.128 e. The Labute approximate surface area is 290 Å². The van der Waals surface area contributed by atoms with E-state index in [0.29, 0.717) is 17.5 Å². The van der Waals surface area contributed by atoms with E-state index in [1.54, 1.807) is 36.0 Å². The van der Waals surface area contributed by atoms with E-state index in [2.05, 4.69) is 79.7 Å². The normalized spacial score (nSPS) is 12.4. The van der Waals surface area contributed by atoms with Gasteiger partial charge in [-0.15, -0.1) is 23.5 Å². The molecule has 0 radical (unpaired) electrons. The number of rotatable bonds is 12. The van der Waals surface area contributed by atoms with Gasteiger partial charge in [-0.3, -0.25) is 9.98 Å². The van der Waals surface area contributed by atoms with Gasteiger partial charge in [-0.1, -0.05) is 91.8 Å². The third-order valence-corrected chi connectivity index (χ3v) is 10.3. The molecule has 4 aromatic carbocycles. The molecule has 0 aliphatic carbocycles. The van der Waals surface area contributed by atoms with Gasteiger partial charge in [0.15, 0.2) is 0 Å². The first kappa shape index (κ1) is 36.4. The second kappa shape index (κ2) is 16.1. The van der Waals surface area contributed by atoms with Crippen molar-refractivity contribution < 1.29 is 10.2 Å². The van der Waals surface area contributed by atoms with Crippen LogP contribution >= 0.6 is 23.5 Å². The number of benzene rings is 4. The zero-order chi connectivity index (χ0) is 34.2. The summed E-state index contributed by atoms with van der Waals surface area (Å²) >= 11 is 3.60. The molecule has 248 valence electrons. The molecule has 0 spiro atoms. The van der Waals surface area contributed by atoms with Gasteiger partial charge >= 0.3 is 0 Å². The number of nitrogens with zero attached hydrogens (tertiary/aromatic N) is 2. The molecule has 2 N–H and O–H groups in total. The number of thioether (sulfide) groups is 2. The molecule has 6 heteroatoms. The van der Waals surface area contributed by atoms with Gasteiger partial charge in [0.1, 0.15) is 11.5 Å². The van der Waals surface area contributed by atoms with E-state index in [1.165, 1.54) is 0 Å². The summed E-state index contributed by atoms with van der Waals surface area (Å²) in [6.45, 7) is 17.1. The predicted octanol–water partition coefficient (Wildman–Crippen LogP) is 11.8. The van der Waals surface area contributed by atoms with Crippen LogP contribution in [-0.4, -0.2) is 34.1 Å². The van der Waals surface area contributed by atoms with Crippen molar-refractivity contribution in [1.82, 2.24) is 0 Å². The smallest absolute Gasteiger partial charge is 0.128 e. The third-order valence-electron chi connectivity index (χ3n) is 7.76. The van der Waals surface area contributed by atoms with E-state index in [-0.39, 0.29) is 22.3 Å². The number of hydrogen-bond acceptors (Lipinski definition) is 6. The summed E-state index contributed by atoms with van der Waals surface area (Å²) in [7, 11) is 0. The van der Waals surface area contributed by atoms with E-state index in [1.807, 2.05) is 48.5 Å². The topological polar surface area (TPSA) is 65.2 Å². The lowest BCUT2D eigenvalue weighted by atomic mass is 9.82.